The summed E-state index contributed by atoms with van der Waals surface area (Å²) in [6.45, 7) is 2.04. The molecule has 3 rings (SSSR count). The summed E-state index contributed by atoms with van der Waals surface area (Å²) in [5, 5.41) is 9.39. The first-order valence-corrected chi connectivity index (χ1v) is 7.34. The Balaban J connectivity index is 0.00000176. The predicted molar refractivity (Wildman–Crippen MR) is 85.7 cm³/mol. The minimum Gasteiger partial charge on any atom is -0.497 e. The van der Waals surface area contributed by atoms with E-state index in [0.717, 1.165) is 41.5 Å². The van der Waals surface area contributed by atoms with Crippen LogP contribution in [0, 0.1) is 11.3 Å². The van der Waals surface area contributed by atoms with Crippen LogP contribution in [0.5, 0.6) is 5.75 Å². The molecule has 0 bridgehead atoms. The Hall–Kier alpha value is -2.41. The number of rotatable bonds is 3. The van der Waals surface area contributed by atoms with Gasteiger partial charge < -0.3 is 14.6 Å². The summed E-state index contributed by atoms with van der Waals surface area (Å²) < 4.78 is 5.27. The quantitative estimate of drug-likeness (QED) is 0.932. The van der Waals surface area contributed by atoms with Gasteiger partial charge in [-0.05, 0) is 37.5 Å². The molecule has 0 aliphatic carbocycles. The highest BCUT2D eigenvalue weighted by atomic mass is 16.5. The van der Waals surface area contributed by atoms with E-state index in [2.05, 4.69) is 16.0 Å². The molecule has 21 heavy (non-hydrogen) atoms. The van der Waals surface area contributed by atoms with Crippen molar-refractivity contribution < 1.29 is 6.16 Å². The zero-order valence-electron chi connectivity index (χ0n) is 12.2. The van der Waals surface area contributed by atoms with Crippen LogP contribution in [0.4, 0.5) is 5.82 Å². The van der Waals surface area contributed by atoms with Gasteiger partial charge in [-0.25, -0.2) is 0 Å². The van der Waals surface area contributed by atoms with E-state index in [1.165, 1.54) is 19.3 Å². The number of H-pyrrole nitrogens is 1. The second-order valence-corrected chi connectivity index (χ2v) is 5.34. The SMILES string of the molecule is COc1cccc(-c2cc(C#N)c(N3CCCCC3)[nH]2)c1.[HH]. The lowest BCUT2D eigenvalue weighted by molar-refractivity contribution is 0.415. The van der Waals surface area contributed by atoms with Crippen LogP contribution in [0.2, 0.25) is 0 Å². The number of piperidine rings is 1. The monoisotopic (exact) mass is 283 g/mol. The normalized spacial score (nSPS) is 14.8. The van der Waals surface area contributed by atoms with Crippen LogP contribution >= 0.6 is 0 Å². The molecular formula is C17H21N3O. The van der Waals surface area contributed by atoms with Gasteiger partial charge in [-0.3, -0.25) is 0 Å². The molecule has 1 saturated heterocycles. The van der Waals surface area contributed by atoms with Gasteiger partial charge in [0.25, 0.3) is 0 Å². The Bertz CT molecular complexity index is 669. The molecule has 0 spiro atoms. The van der Waals surface area contributed by atoms with Gasteiger partial charge in [0, 0.05) is 25.8 Å². The van der Waals surface area contributed by atoms with Crippen LogP contribution in [0.25, 0.3) is 11.3 Å². The minimum atomic E-state index is 0. The van der Waals surface area contributed by atoms with E-state index in [4.69, 9.17) is 4.74 Å². The number of hydrogen-bond donors (Lipinski definition) is 1. The Morgan fingerprint density at radius 3 is 2.76 bits per heavy atom. The molecule has 1 fully saturated rings. The number of benzene rings is 1. The van der Waals surface area contributed by atoms with E-state index >= 15 is 0 Å². The molecule has 1 aliphatic rings. The summed E-state index contributed by atoms with van der Waals surface area (Å²) in [6.07, 6.45) is 3.67. The first-order valence-electron chi connectivity index (χ1n) is 7.34. The van der Waals surface area contributed by atoms with Gasteiger partial charge in [0.15, 0.2) is 0 Å². The molecule has 0 unspecified atom stereocenters. The number of nitrogens with zero attached hydrogens (tertiary/aromatic N) is 2. The van der Waals surface area contributed by atoms with Crippen molar-refractivity contribution in [1.82, 2.24) is 4.98 Å². The van der Waals surface area contributed by atoms with Gasteiger partial charge in [0.1, 0.15) is 17.6 Å². The lowest BCUT2D eigenvalue weighted by atomic mass is 10.1. The second-order valence-electron chi connectivity index (χ2n) is 5.34. The molecule has 1 aromatic carbocycles. The maximum Gasteiger partial charge on any atom is 0.124 e. The largest absolute Gasteiger partial charge is 0.497 e. The lowest BCUT2D eigenvalue weighted by Gasteiger charge is -2.27. The highest BCUT2D eigenvalue weighted by Crippen LogP contribution is 2.30. The Labute approximate surface area is 126 Å². The molecule has 1 aromatic heterocycles. The summed E-state index contributed by atoms with van der Waals surface area (Å²) in [4.78, 5) is 5.70. The molecule has 0 radical (unpaired) electrons. The predicted octanol–water partition coefficient (Wildman–Crippen LogP) is 3.80. The number of ether oxygens (including phenoxy) is 1. The summed E-state index contributed by atoms with van der Waals surface area (Å²) >= 11 is 0. The van der Waals surface area contributed by atoms with Crippen molar-refractivity contribution in [3.05, 3.63) is 35.9 Å². The number of hydrogen-bond acceptors (Lipinski definition) is 3. The van der Waals surface area contributed by atoms with E-state index in [1.54, 1.807) is 7.11 Å². The van der Waals surface area contributed by atoms with Crippen LogP contribution in [0.3, 0.4) is 0 Å². The number of aromatic amines is 1. The van der Waals surface area contributed by atoms with Gasteiger partial charge in [-0.15, -0.1) is 0 Å². The van der Waals surface area contributed by atoms with Gasteiger partial charge in [-0.1, -0.05) is 12.1 Å². The van der Waals surface area contributed by atoms with Crippen LogP contribution in [-0.2, 0) is 0 Å². The second kappa shape index (κ2) is 5.92. The van der Waals surface area contributed by atoms with E-state index < -0.39 is 0 Å². The molecule has 2 aromatic rings. The Morgan fingerprint density at radius 1 is 1.24 bits per heavy atom. The van der Waals surface area contributed by atoms with E-state index in [1.807, 2.05) is 30.3 Å². The van der Waals surface area contributed by atoms with E-state index in [0.29, 0.717) is 0 Å². The summed E-state index contributed by atoms with van der Waals surface area (Å²) in [7, 11) is 1.66. The molecule has 0 amide bonds. The molecule has 1 N–H and O–H groups in total. The Morgan fingerprint density at radius 2 is 2.05 bits per heavy atom. The van der Waals surface area contributed by atoms with Crippen LogP contribution in [-0.4, -0.2) is 25.2 Å². The maximum absolute atomic E-state index is 9.39. The van der Waals surface area contributed by atoms with Crippen molar-refractivity contribution >= 4 is 5.82 Å². The van der Waals surface area contributed by atoms with Crippen molar-refractivity contribution in [3.63, 3.8) is 0 Å². The van der Waals surface area contributed by atoms with Gasteiger partial charge in [-0.2, -0.15) is 5.26 Å². The fourth-order valence-electron chi connectivity index (χ4n) is 2.84. The highest BCUT2D eigenvalue weighted by molar-refractivity contribution is 5.70. The highest BCUT2D eigenvalue weighted by Gasteiger charge is 2.18. The first kappa shape index (κ1) is 13.6. The van der Waals surface area contributed by atoms with Crippen LogP contribution in [0.1, 0.15) is 26.3 Å². The fraction of sp³-hybridized carbons (Fsp3) is 0.353. The minimum absolute atomic E-state index is 0. The molecule has 4 nitrogen and oxygen atoms in total. The maximum atomic E-state index is 9.39. The third kappa shape index (κ3) is 2.73. The average molecular weight is 283 g/mol. The lowest BCUT2D eigenvalue weighted by Crippen LogP contribution is -2.30. The van der Waals surface area contributed by atoms with Crippen molar-refractivity contribution in [1.29, 1.82) is 5.26 Å². The smallest absolute Gasteiger partial charge is 0.124 e. The molecule has 2 heterocycles. The first-order chi connectivity index (χ1) is 10.3. The van der Waals surface area contributed by atoms with Crippen LogP contribution < -0.4 is 9.64 Å². The molecule has 4 heteroatoms. The number of aromatic nitrogens is 1. The molecule has 110 valence electrons. The molecule has 0 atom stereocenters. The van der Waals surface area contributed by atoms with Crippen molar-refractivity contribution in [3.8, 4) is 23.1 Å². The van der Waals surface area contributed by atoms with E-state index in [-0.39, 0.29) is 1.43 Å². The zero-order valence-corrected chi connectivity index (χ0v) is 12.2. The summed E-state index contributed by atoms with van der Waals surface area (Å²) in [6, 6.07) is 12.1. The van der Waals surface area contributed by atoms with Crippen LogP contribution in [0.15, 0.2) is 30.3 Å². The van der Waals surface area contributed by atoms with Crippen molar-refractivity contribution in [2.75, 3.05) is 25.1 Å². The van der Waals surface area contributed by atoms with Crippen molar-refractivity contribution in [2.45, 2.75) is 19.3 Å². The van der Waals surface area contributed by atoms with Gasteiger partial charge in [0.05, 0.1) is 12.7 Å². The van der Waals surface area contributed by atoms with Gasteiger partial charge >= 0.3 is 0 Å². The zero-order chi connectivity index (χ0) is 14.7. The average Bonchev–Trinajstić information content (AvgIpc) is 3.00. The topological polar surface area (TPSA) is 52.0 Å². The standard InChI is InChI=1S/C17H19N3O.H2/c1-21-15-7-5-6-13(10-15)16-11-14(12-18)17(19-16)20-8-3-2-4-9-20;/h5-7,10-11,19H,2-4,8-9H2,1H3;1H. The summed E-state index contributed by atoms with van der Waals surface area (Å²) in [5.41, 5.74) is 2.72. The Kier molecular flexibility index (Phi) is 3.83. The molecular weight excluding hydrogens is 262 g/mol. The molecule has 1 aliphatic heterocycles. The number of anilines is 1. The van der Waals surface area contributed by atoms with Crippen molar-refractivity contribution in [2.24, 2.45) is 0 Å². The molecule has 0 saturated carbocycles. The number of methoxy groups -OCH3 is 1. The third-order valence-corrected chi connectivity index (χ3v) is 3.97. The number of nitrogens with one attached hydrogen (secondary N) is 1. The third-order valence-electron chi connectivity index (χ3n) is 3.97. The summed E-state index contributed by atoms with van der Waals surface area (Å²) in [5.74, 6) is 1.77. The number of nitriles is 1. The van der Waals surface area contributed by atoms with E-state index in [9.17, 15) is 5.26 Å². The van der Waals surface area contributed by atoms with Gasteiger partial charge in [0.2, 0.25) is 0 Å². The fourth-order valence-corrected chi connectivity index (χ4v) is 2.84.